The van der Waals surface area contributed by atoms with Crippen LogP contribution in [-0.4, -0.2) is 9.78 Å². The van der Waals surface area contributed by atoms with E-state index in [-0.39, 0.29) is 0 Å². The molecule has 1 aromatic heterocycles. The monoisotopic (exact) mass is 172 g/mol. The molecule has 0 aliphatic heterocycles. The van der Waals surface area contributed by atoms with Gasteiger partial charge in [0.2, 0.25) is 0 Å². The number of nitrogens with zero attached hydrogens (tertiary/aromatic N) is 2. The lowest BCUT2D eigenvalue weighted by Gasteiger charge is -2.04. The fourth-order valence-electron chi connectivity index (χ4n) is 1.29. The van der Waals surface area contributed by atoms with E-state index in [4.69, 9.17) is 0 Å². The lowest BCUT2D eigenvalue weighted by atomic mass is 10.1. The number of rotatable bonds is 1. The van der Waals surface area contributed by atoms with Crippen molar-refractivity contribution in [3.8, 4) is 5.69 Å². The zero-order valence-corrected chi connectivity index (χ0v) is 7.86. The van der Waals surface area contributed by atoms with Crippen molar-refractivity contribution in [2.75, 3.05) is 0 Å². The maximum Gasteiger partial charge on any atom is 0.0648 e. The van der Waals surface area contributed by atoms with Crippen molar-refractivity contribution in [3.63, 3.8) is 0 Å². The second kappa shape index (κ2) is 3.05. The van der Waals surface area contributed by atoms with Crippen LogP contribution in [0.25, 0.3) is 5.69 Å². The molecule has 0 amide bonds. The molecule has 66 valence electrons. The Morgan fingerprint density at radius 2 is 2.00 bits per heavy atom. The first-order valence-electron chi connectivity index (χ1n) is 4.34. The van der Waals surface area contributed by atoms with Crippen LogP contribution in [0.5, 0.6) is 0 Å². The SMILES string of the molecule is Cc1ccc(-n2cccn2)cc1C. The molecule has 0 saturated carbocycles. The van der Waals surface area contributed by atoms with Gasteiger partial charge in [-0.1, -0.05) is 6.07 Å². The standard InChI is InChI=1S/C11H12N2/c1-9-4-5-11(8-10(9)2)13-7-3-6-12-13/h3-8H,1-2H3. The van der Waals surface area contributed by atoms with Gasteiger partial charge in [0.05, 0.1) is 5.69 Å². The molecule has 0 aliphatic carbocycles. The van der Waals surface area contributed by atoms with Crippen LogP contribution in [0.1, 0.15) is 11.1 Å². The highest BCUT2D eigenvalue weighted by Crippen LogP contribution is 2.12. The van der Waals surface area contributed by atoms with Crippen molar-refractivity contribution >= 4 is 0 Å². The summed E-state index contributed by atoms with van der Waals surface area (Å²) in [6.07, 6.45) is 3.74. The van der Waals surface area contributed by atoms with Crippen molar-refractivity contribution in [1.82, 2.24) is 9.78 Å². The minimum atomic E-state index is 1.12. The van der Waals surface area contributed by atoms with Gasteiger partial charge in [-0.05, 0) is 43.2 Å². The van der Waals surface area contributed by atoms with Crippen LogP contribution in [0.4, 0.5) is 0 Å². The summed E-state index contributed by atoms with van der Waals surface area (Å²) in [6.45, 7) is 4.23. The molecule has 0 bridgehead atoms. The van der Waals surface area contributed by atoms with E-state index in [1.54, 1.807) is 6.20 Å². The summed E-state index contributed by atoms with van der Waals surface area (Å²) in [7, 11) is 0. The van der Waals surface area contributed by atoms with Crippen LogP contribution in [0.15, 0.2) is 36.7 Å². The van der Waals surface area contributed by atoms with Crippen LogP contribution in [0, 0.1) is 13.8 Å². The van der Waals surface area contributed by atoms with Gasteiger partial charge in [0, 0.05) is 12.4 Å². The van der Waals surface area contributed by atoms with Crippen molar-refractivity contribution in [1.29, 1.82) is 0 Å². The fourth-order valence-corrected chi connectivity index (χ4v) is 1.29. The van der Waals surface area contributed by atoms with Crippen LogP contribution >= 0.6 is 0 Å². The maximum atomic E-state index is 4.17. The zero-order chi connectivity index (χ0) is 9.26. The normalized spacial score (nSPS) is 10.3. The molecule has 0 unspecified atom stereocenters. The van der Waals surface area contributed by atoms with Crippen molar-refractivity contribution in [3.05, 3.63) is 47.8 Å². The van der Waals surface area contributed by atoms with Gasteiger partial charge in [-0.25, -0.2) is 4.68 Å². The van der Waals surface area contributed by atoms with Crippen molar-refractivity contribution in [2.24, 2.45) is 0 Å². The second-order valence-electron chi connectivity index (χ2n) is 3.22. The molecule has 0 atom stereocenters. The summed E-state index contributed by atoms with van der Waals surface area (Å²) in [4.78, 5) is 0. The van der Waals surface area contributed by atoms with Crippen molar-refractivity contribution in [2.45, 2.75) is 13.8 Å². The smallest absolute Gasteiger partial charge is 0.0648 e. The average molecular weight is 172 g/mol. The molecule has 1 aromatic carbocycles. The summed E-state index contributed by atoms with van der Waals surface area (Å²) < 4.78 is 1.87. The van der Waals surface area contributed by atoms with E-state index in [9.17, 15) is 0 Å². The summed E-state index contributed by atoms with van der Waals surface area (Å²) in [5.74, 6) is 0. The number of aryl methyl sites for hydroxylation is 2. The van der Waals surface area contributed by atoms with Gasteiger partial charge in [-0.3, -0.25) is 0 Å². The Labute approximate surface area is 77.8 Å². The number of aromatic nitrogens is 2. The summed E-state index contributed by atoms with van der Waals surface area (Å²) in [5.41, 5.74) is 3.73. The molecule has 13 heavy (non-hydrogen) atoms. The highest BCUT2D eigenvalue weighted by Gasteiger charge is 1.97. The first-order valence-corrected chi connectivity index (χ1v) is 4.34. The molecular formula is C11H12N2. The minimum absolute atomic E-state index is 1.12. The molecule has 0 aliphatic rings. The molecule has 2 heteroatoms. The van der Waals surface area contributed by atoms with Gasteiger partial charge in [-0.2, -0.15) is 5.10 Å². The first-order chi connectivity index (χ1) is 6.27. The Hall–Kier alpha value is -1.57. The van der Waals surface area contributed by atoms with Crippen LogP contribution in [0.2, 0.25) is 0 Å². The quantitative estimate of drug-likeness (QED) is 0.646. The minimum Gasteiger partial charge on any atom is -0.241 e. The van der Waals surface area contributed by atoms with Gasteiger partial charge in [0.25, 0.3) is 0 Å². The molecule has 0 spiro atoms. The van der Waals surface area contributed by atoms with Crippen LogP contribution < -0.4 is 0 Å². The Kier molecular flexibility index (Phi) is 1.89. The average Bonchev–Trinajstić information content (AvgIpc) is 2.62. The molecular weight excluding hydrogens is 160 g/mol. The Morgan fingerprint density at radius 1 is 1.15 bits per heavy atom. The predicted octanol–water partition coefficient (Wildman–Crippen LogP) is 2.49. The van der Waals surface area contributed by atoms with E-state index in [2.05, 4.69) is 37.1 Å². The summed E-state index contributed by atoms with van der Waals surface area (Å²) in [5, 5.41) is 4.17. The van der Waals surface area contributed by atoms with Gasteiger partial charge < -0.3 is 0 Å². The third kappa shape index (κ3) is 1.47. The predicted molar refractivity (Wildman–Crippen MR) is 53.0 cm³/mol. The highest BCUT2D eigenvalue weighted by atomic mass is 15.3. The summed E-state index contributed by atoms with van der Waals surface area (Å²) >= 11 is 0. The molecule has 0 radical (unpaired) electrons. The first kappa shape index (κ1) is 8.05. The van der Waals surface area contributed by atoms with E-state index in [1.165, 1.54) is 11.1 Å². The molecule has 0 saturated heterocycles. The third-order valence-corrected chi connectivity index (χ3v) is 2.26. The highest BCUT2D eigenvalue weighted by molar-refractivity contribution is 5.38. The van der Waals surface area contributed by atoms with Crippen molar-refractivity contribution < 1.29 is 0 Å². The second-order valence-corrected chi connectivity index (χ2v) is 3.22. The molecule has 2 aromatic rings. The Morgan fingerprint density at radius 3 is 2.62 bits per heavy atom. The number of benzene rings is 1. The topological polar surface area (TPSA) is 17.8 Å². The largest absolute Gasteiger partial charge is 0.241 e. The van der Waals surface area contributed by atoms with Gasteiger partial charge in [0.15, 0.2) is 0 Å². The van der Waals surface area contributed by atoms with E-state index >= 15 is 0 Å². The molecule has 0 N–H and O–H groups in total. The third-order valence-electron chi connectivity index (χ3n) is 2.26. The summed E-state index contributed by atoms with van der Waals surface area (Å²) in [6, 6.07) is 8.26. The molecule has 2 nitrogen and oxygen atoms in total. The van der Waals surface area contributed by atoms with Gasteiger partial charge in [0.1, 0.15) is 0 Å². The molecule has 1 heterocycles. The molecule has 2 rings (SSSR count). The van der Waals surface area contributed by atoms with Crippen LogP contribution in [0.3, 0.4) is 0 Å². The van der Waals surface area contributed by atoms with E-state index in [0.717, 1.165) is 5.69 Å². The lowest BCUT2D eigenvalue weighted by molar-refractivity contribution is 0.878. The van der Waals surface area contributed by atoms with Crippen LogP contribution in [-0.2, 0) is 0 Å². The Balaban J connectivity index is 2.49. The number of hydrogen-bond donors (Lipinski definition) is 0. The van der Waals surface area contributed by atoms with Gasteiger partial charge in [-0.15, -0.1) is 0 Å². The van der Waals surface area contributed by atoms with E-state index in [1.807, 2.05) is 16.9 Å². The van der Waals surface area contributed by atoms with E-state index < -0.39 is 0 Å². The Bertz CT molecular complexity index is 402. The van der Waals surface area contributed by atoms with Gasteiger partial charge >= 0.3 is 0 Å². The molecule has 0 fully saturated rings. The maximum absolute atomic E-state index is 4.17. The van der Waals surface area contributed by atoms with E-state index in [0.29, 0.717) is 0 Å². The fraction of sp³-hybridized carbons (Fsp3) is 0.182. The lowest BCUT2D eigenvalue weighted by Crippen LogP contribution is -1.95. The number of hydrogen-bond acceptors (Lipinski definition) is 1. The zero-order valence-electron chi connectivity index (χ0n) is 7.86.